The van der Waals surface area contributed by atoms with Crippen LogP contribution in [0.25, 0.3) is 0 Å². The first-order valence-corrected chi connectivity index (χ1v) is 6.69. The molecule has 0 spiro atoms. The van der Waals surface area contributed by atoms with Crippen LogP contribution in [0.2, 0.25) is 0 Å². The lowest BCUT2D eigenvalue weighted by Gasteiger charge is -2.18. The minimum Gasteiger partial charge on any atom is -0.486 e. The number of furan rings is 1. The fourth-order valence-corrected chi connectivity index (χ4v) is 2.06. The van der Waals surface area contributed by atoms with E-state index < -0.39 is 11.8 Å². The first kappa shape index (κ1) is 14.0. The average molecular weight is 302 g/mol. The van der Waals surface area contributed by atoms with Gasteiger partial charge in [0.05, 0.1) is 11.8 Å². The van der Waals surface area contributed by atoms with Gasteiger partial charge in [-0.3, -0.25) is 20.4 Å². The van der Waals surface area contributed by atoms with Crippen molar-refractivity contribution in [3.63, 3.8) is 0 Å². The fraction of sp³-hybridized carbons (Fsp3) is 0.200. The summed E-state index contributed by atoms with van der Waals surface area (Å²) in [5, 5.41) is 0. The van der Waals surface area contributed by atoms with Gasteiger partial charge in [-0.15, -0.1) is 0 Å². The van der Waals surface area contributed by atoms with Crippen molar-refractivity contribution >= 4 is 11.8 Å². The molecule has 3 rings (SSSR count). The summed E-state index contributed by atoms with van der Waals surface area (Å²) in [5.41, 5.74) is 5.40. The van der Waals surface area contributed by atoms with Gasteiger partial charge in [0, 0.05) is 5.56 Å². The number of benzene rings is 1. The lowest BCUT2D eigenvalue weighted by atomic mass is 10.2. The van der Waals surface area contributed by atoms with E-state index in [-0.39, 0.29) is 0 Å². The molecule has 7 heteroatoms. The Hall–Kier alpha value is -2.96. The monoisotopic (exact) mass is 302 g/mol. The first-order chi connectivity index (χ1) is 10.6. The first-order valence-electron chi connectivity index (χ1n) is 6.69. The molecule has 1 aromatic carbocycles. The molecule has 2 heterocycles. The van der Waals surface area contributed by atoms with E-state index in [1.54, 1.807) is 25.1 Å². The van der Waals surface area contributed by atoms with Crippen LogP contribution in [0.4, 0.5) is 0 Å². The molecular weight excluding hydrogens is 288 g/mol. The predicted molar refractivity (Wildman–Crippen MR) is 75.8 cm³/mol. The summed E-state index contributed by atoms with van der Waals surface area (Å²) in [6, 6.07) is 6.35. The summed E-state index contributed by atoms with van der Waals surface area (Å²) in [5.74, 6) is 0.687. The van der Waals surface area contributed by atoms with E-state index in [2.05, 4.69) is 10.9 Å². The second kappa shape index (κ2) is 5.80. The Morgan fingerprint density at radius 3 is 2.45 bits per heavy atom. The van der Waals surface area contributed by atoms with Crippen molar-refractivity contribution in [3.05, 3.63) is 47.4 Å². The molecule has 2 N–H and O–H groups in total. The molecule has 2 aromatic rings. The number of amides is 2. The number of carbonyl (C=O) groups is 2. The highest BCUT2D eigenvalue weighted by atomic mass is 16.6. The van der Waals surface area contributed by atoms with Crippen LogP contribution in [0.5, 0.6) is 11.5 Å². The van der Waals surface area contributed by atoms with E-state index >= 15 is 0 Å². The van der Waals surface area contributed by atoms with E-state index in [9.17, 15) is 9.59 Å². The van der Waals surface area contributed by atoms with Crippen molar-refractivity contribution in [1.29, 1.82) is 0 Å². The molecule has 0 radical (unpaired) electrons. The van der Waals surface area contributed by atoms with Crippen molar-refractivity contribution in [2.24, 2.45) is 0 Å². The highest BCUT2D eigenvalue weighted by molar-refractivity contribution is 5.99. The molecule has 22 heavy (non-hydrogen) atoms. The number of hydrogen-bond acceptors (Lipinski definition) is 5. The molecule has 0 aliphatic carbocycles. The third-order valence-electron chi connectivity index (χ3n) is 3.20. The van der Waals surface area contributed by atoms with E-state index in [0.29, 0.717) is 41.6 Å². The zero-order chi connectivity index (χ0) is 15.5. The Morgan fingerprint density at radius 2 is 1.73 bits per heavy atom. The Balaban J connectivity index is 1.65. The van der Waals surface area contributed by atoms with Gasteiger partial charge >= 0.3 is 0 Å². The zero-order valence-electron chi connectivity index (χ0n) is 11.8. The molecule has 1 aromatic heterocycles. The molecule has 0 unspecified atom stereocenters. The van der Waals surface area contributed by atoms with Crippen LogP contribution in [0.15, 0.2) is 34.9 Å². The number of rotatable bonds is 2. The lowest BCUT2D eigenvalue weighted by molar-refractivity contribution is 0.0845. The highest BCUT2D eigenvalue weighted by Crippen LogP contribution is 2.30. The van der Waals surface area contributed by atoms with Gasteiger partial charge in [0.1, 0.15) is 19.0 Å². The SMILES string of the molecule is Cc1occc1C(=O)NNC(=O)c1ccc2c(c1)OCCO2. The Kier molecular flexibility index (Phi) is 3.69. The fourth-order valence-electron chi connectivity index (χ4n) is 2.06. The summed E-state index contributed by atoms with van der Waals surface area (Å²) in [4.78, 5) is 23.9. The molecule has 0 bridgehead atoms. The van der Waals surface area contributed by atoms with E-state index in [1.807, 2.05) is 0 Å². The van der Waals surface area contributed by atoms with E-state index in [0.717, 1.165) is 0 Å². The minimum absolute atomic E-state index is 0.355. The largest absolute Gasteiger partial charge is 0.486 e. The van der Waals surface area contributed by atoms with Crippen LogP contribution < -0.4 is 20.3 Å². The minimum atomic E-state index is -0.452. The second-order valence-corrected chi connectivity index (χ2v) is 4.66. The number of fused-ring (bicyclic) bond motifs is 1. The second-order valence-electron chi connectivity index (χ2n) is 4.66. The Bertz CT molecular complexity index is 722. The summed E-state index contributed by atoms with van der Waals surface area (Å²) >= 11 is 0. The summed E-state index contributed by atoms with van der Waals surface area (Å²) in [6.07, 6.45) is 1.41. The molecule has 2 amide bonds. The van der Waals surface area contributed by atoms with Gasteiger partial charge in [-0.05, 0) is 31.2 Å². The van der Waals surface area contributed by atoms with E-state index in [1.165, 1.54) is 12.3 Å². The Morgan fingerprint density at radius 1 is 1.00 bits per heavy atom. The van der Waals surface area contributed by atoms with Gasteiger partial charge in [-0.1, -0.05) is 0 Å². The van der Waals surface area contributed by atoms with Crippen molar-refractivity contribution < 1.29 is 23.5 Å². The molecule has 0 saturated heterocycles. The van der Waals surface area contributed by atoms with Gasteiger partial charge < -0.3 is 13.9 Å². The van der Waals surface area contributed by atoms with Crippen molar-refractivity contribution in [1.82, 2.24) is 10.9 Å². The van der Waals surface area contributed by atoms with Crippen LogP contribution in [0, 0.1) is 6.92 Å². The normalized spacial score (nSPS) is 12.6. The van der Waals surface area contributed by atoms with Crippen molar-refractivity contribution in [2.75, 3.05) is 13.2 Å². The summed E-state index contributed by atoms with van der Waals surface area (Å²) in [7, 11) is 0. The standard InChI is InChI=1S/C15H14N2O5/c1-9-11(4-5-20-9)15(19)17-16-14(18)10-2-3-12-13(8-10)22-7-6-21-12/h2-5,8H,6-7H2,1H3,(H,16,18)(H,17,19). The maximum atomic E-state index is 12.0. The zero-order valence-corrected chi connectivity index (χ0v) is 11.8. The van der Waals surface area contributed by atoms with Crippen molar-refractivity contribution in [2.45, 2.75) is 6.92 Å². The third-order valence-corrected chi connectivity index (χ3v) is 3.20. The highest BCUT2D eigenvalue weighted by Gasteiger charge is 2.16. The summed E-state index contributed by atoms with van der Waals surface area (Å²) in [6.45, 7) is 2.59. The van der Waals surface area contributed by atoms with Gasteiger partial charge in [0.15, 0.2) is 11.5 Å². The van der Waals surface area contributed by atoms with Gasteiger partial charge in [-0.2, -0.15) is 0 Å². The van der Waals surface area contributed by atoms with Gasteiger partial charge in [0.25, 0.3) is 11.8 Å². The van der Waals surface area contributed by atoms with Crippen LogP contribution in [-0.4, -0.2) is 25.0 Å². The number of ether oxygens (including phenoxy) is 2. The molecule has 1 aliphatic rings. The van der Waals surface area contributed by atoms with E-state index in [4.69, 9.17) is 13.9 Å². The number of carbonyl (C=O) groups excluding carboxylic acids is 2. The van der Waals surface area contributed by atoms with Gasteiger partial charge in [0.2, 0.25) is 0 Å². The maximum Gasteiger partial charge on any atom is 0.273 e. The van der Waals surface area contributed by atoms with Crippen molar-refractivity contribution in [3.8, 4) is 11.5 Å². The lowest BCUT2D eigenvalue weighted by Crippen LogP contribution is -2.41. The van der Waals surface area contributed by atoms with Crippen LogP contribution >= 0.6 is 0 Å². The average Bonchev–Trinajstić information content (AvgIpc) is 2.98. The topological polar surface area (TPSA) is 89.8 Å². The van der Waals surface area contributed by atoms with Gasteiger partial charge in [-0.25, -0.2) is 0 Å². The molecule has 0 fully saturated rings. The van der Waals surface area contributed by atoms with Crippen LogP contribution in [0.3, 0.4) is 0 Å². The summed E-state index contributed by atoms with van der Waals surface area (Å²) < 4.78 is 15.8. The number of aryl methyl sites for hydroxylation is 1. The smallest absolute Gasteiger partial charge is 0.273 e. The molecule has 0 atom stereocenters. The molecule has 114 valence electrons. The maximum absolute atomic E-state index is 12.0. The number of hydrogen-bond donors (Lipinski definition) is 2. The molecule has 0 saturated carbocycles. The molecule has 7 nitrogen and oxygen atoms in total. The van der Waals surface area contributed by atoms with Crippen LogP contribution in [0.1, 0.15) is 26.5 Å². The van der Waals surface area contributed by atoms with Crippen LogP contribution in [-0.2, 0) is 0 Å². The molecular formula is C15H14N2O5. The Labute approximate surface area is 126 Å². The third kappa shape index (κ3) is 2.73. The predicted octanol–water partition coefficient (Wildman–Crippen LogP) is 1.43. The number of nitrogens with one attached hydrogen (secondary N) is 2. The number of hydrazine groups is 1. The quantitative estimate of drug-likeness (QED) is 0.819. The molecule has 1 aliphatic heterocycles.